The molecule has 0 aliphatic carbocycles. The van der Waals surface area contributed by atoms with E-state index < -0.39 is 12.1 Å². The minimum Gasteiger partial charge on any atom is -0.390 e. The van der Waals surface area contributed by atoms with Gasteiger partial charge in [0, 0.05) is 25.7 Å². The Bertz CT molecular complexity index is 491. The largest absolute Gasteiger partial charge is 0.390 e. The number of nitrogens with two attached hydrogens (primary N) is 1. The van der Waals surface area contributed by atoms with E-state index in [-0.39, 0.29) is 12.6 Å². The van der Waals surface area contributed by atoms with Crippen molar-refractivity contribution in [3.05, 3.63) is 35.9 Å². The van der Waals surface area contributed by atoms with Gasteiger partial charge in [0.25, 0.3) is 0 Å². The van der Waals surface area contributed by atoms with Crippen molar-refractivity contribution in [1.82, 2.24) is 10.2 Å². The van der Waals surface area contributed by atoms with Gasteiger partial charge in [0.2, 0.25) is 0 Å². The molecule has 1 rings (SSSR count). The van der Waals surface area contributed by atoms with E-state index in [9.17, 15) is 9.90 Å². The highest BCUT2D eigenvalue weighted by atomic mass is 16.3. The molecule has 1 aromatic rings. The maximum absolute atomic E-state index is 12.4. The number of nitrogens with zero attached hydrogens (tertiary/aromatic N) is 1. The minimum absolute atomic E-state index is 0.125. The predicted octanol–water partition coefficient (Wildman–Crippen LogP) is 2.63. The smallest absolute Gasteiger partial charge is 0.317 e. The molecule has 25 heavy (non-hydrogen) atoms. The number of benzene rings is 1. The second kappa shape index (κ2) is 11.1. The fraction of sp³-hybridized carbons (Fsp3) is 0.650. The molecule has 0 aromatic heterocycles. The van der Waals surface area contributed by atoms with Crippen molar-refractivity contribution in [2.24, 2.45) is 17.6 Å². The van der Waals surface area contributed by atoms with E-state index in [1.807, 2.05) is 30.3 Å². The van der Waals surface area contributed by atoms with Crippen molar-refractivity contribution in [2.45, 2.75) is 52.7 Å². The standard InChI is InChI=1S/C20H35N3O2/c1-15(2)10-11-23(20(25)22-13-16(3)4)14-19(24)18(21)12-17-8-6-5-7-9-17/h5-9,15-16,18-19,24H,10-14,21H2,1-4H3,(H,22,25). The molecule has 1 aromatic carbocycles. The van der Waals surface area contributed by atoms with Crippen LogP contribution in [0.2, 0.25) is 0 Å². The number of rotatable bonds is 10. The van der Waals surface area contributed by atoms with E-state index >= 15 is 0 Å². The van der Waals surface area contributed by atoms with Crippen molar-refractivity contribution in [3.8, 4) is 0 Å². The topological polar surface area (TPSA) is 78.6 Å². The first kappa shape index (κ1) is 21.5. The molecular formula is C20H35N3O2. The summed E-state index contributed by atoms with van der Waals surface area (Å²) < 4.78 is 0. The summed E-state index contributed by atoms with van der Waals surface area (Å²) in [6.45, 7) is 9.88. The highest BCUT2D eigenvalue weighted by Crippen LogP contribution is 2.08. The van der Waals surface area contributed by atoms with E-state index in [1.165, 1.54) is 0 Å². The number of carbonyl (C=O) groups is 1. The van der Waals surface area contributed by atoms with Crippen molar-refractivity contribution < 1.29 is 9.90 Å². The molecular weight excluding hydrogens is 314 g/mol. The average Bonchev–Trinajstić information content (AvgIpc) is 2.56. The van der Waals surface area contributed by atoms with Gasteiger partial charge in [0.05, 0.1) is 6.10 Å². The van der Waals surface area contributed by atoms with Crippen LogP contribution in [0.25, 0.3) is 0 Å². The van der Waals surface area contributed by atoms with E-state index in [1.54, 1.807) is 4.90 Å². The number of nitrogens with one attached hydrogen (secondary N) is 1. The Balaban J connectivity index is 2.62. The molecule has 0 aliphatic rings. The van der Waals surface area contributed by atoms with Gasteiger partial charge in [-0.3, -0.25) is 0 Å². The van der Waals surface area contributed by atoms with Crippen LogP contribution in [0.15, 0.2) is 30.3 Å². The third-order valence-corrected chi connectivity index (χ3v) is 4.14. The van der Waals surface area contributed by atoms with Crippen LogP contribution in [0.5, 0.6) is 0 Å². The van der Waals surface area contributed by atoms with Gasteiger partial charge in [-0.2, -0.15) is 0 Å². The van der Waals surface area contributed by atoms with E-state index in [2.05, 4.69) is 33.0 Å². The summed E-state index contributed by atoms with van der Waals surface area (Å²) in [6.07, 6.45) is 0.737. The zero-order chi connectivity index (χ0) is 18.8. The van der Waals surface area contributed by atoms with Gasteiger partial charge in [0.15, 0.2) is 0 Å². The molecule has 0 bridgehead atoms. The normalized spacial score (nSPS) is 13.8. The van der Waals surface area contributed by atoms with E-state index in [4.69, 9.17) is 5.73 Å². The minimum atomic E-state index is -0.753. The number of urea groups is 1. The van der Waals surface area contributed by atoms with Crippen molar-refractivity contribution in [1.29, 1.82) is 0 Å². The van der Waals surface area contributed by atoms with Crippen LogP contribution in [0.1, 0.15) is 39.7 Å². The fourth-order valence-electron chi connectivity index (χ4n) is 2.48. The highest BCUT2D eigenvalue weighted by Gasteiger charge is 2.22. The Labute approximate surface area is 152 Å². The van der Waals surface area contributed by atoms with Crippen LogP contribution < -0.4 is 11.1 Å². The molecule has 2 unspecified atom stereocenters. The molecule has 5 nitrogen and oxygen atoms in total. The van der Waals surface area contributed by atoms with Gasteiger partial charge in [-0.15, -0.1) is 0 Å². The Kier molecular flexibility index (Phi) is 9.53. The van der Waals surface area contributed by atoms with E-state index in [0.717, 1.165) is 12.0 Å². The van der Waals surface area contributed by atoms with Crippen molar-refractivity contribution in [3.63, 3.8) is 0 Å². The third-order valence-electron chi connectivity index (χ3n) is 4.14. The molecule has 0 radical (unpaired) electrons. The quantitative estimate of drug-likeness (QED) is 0.607. The lowest BCUT2D eigenvalue weighted by atomic mass is 10.0. The number of amides is 2. The fourth-order valence-corrected chi connectivity index (χ4v) is 2.48. The molecule has 4 N–H and O–H groups in total. The number of aliphatic hydroxyl groups is 1. The molecule has 0 aliphatic heterocycles. The molecule has 142 valence electrons. The molecule has 0 saturated heterocycles. The second-order valence-electron chi connectivity index (χ2n) is 7.63. The van der Waals surface area contributed by atoms with E-state index in [0.29, 0.717) is 31.3 Å². The first-order chi connectivity index (χ1) is 11.8. The first-order valence-electron chi connectivity index (χ1n) is 9.30. The lowest BCUT2D eigenvalue weighted by Gasteiger charge is -2.29. The zero-order valence-corrected chi connectivity index (χ0v) is 16.1. The van der Waals surface area contributed by atoms with Gasteiger partial charge in [-0.1, -0.05) is 58.0 Å². The van der Waals surface area contributed by atoms with Crippen LogP contribution >= 0.6 is 0 Å². The van der Waals surface area contributed by atoms with Gasteiger partial charge in [0.1, 0.15) is 0 Å². The summed E-state index contributed by atoms with van der Waals surface area (Å²) in [5, 5.41) is 13.4. The molecule has 0 heterocycles. The molecule has 0 saturated carbocycles. The summed E-state index contributed by atoms with van der Waals surface area (Å²) in [7, 11) is 0. The molecule has 2 amide bonds. The monoisotopic (exact) mass is 349 g/mol. The Morgan fingerprint density at radius 3 is 2.36 bits per heavy atom. The van der Waals surface area contributed by atoms with Crippen LogP contribution in [0, 0.1) is 11.8 Å². The maximum Gasteiger partial charge on any atom is 0.317 e. The van der Waals surface area contributed by atoms with Crippen molar-refractivity contribution >= 4 is 6.03 Å². The Hall–Kier alpha value is -1.59. The summed E-state index contributed by atoms with van der Waals surface area (Å²) in [5.41, 5.74) is 7.26. The highest BCUT2D eigenvalue weighted by molar-refractivity contribution is 5.74. The number of carbonyl (C=O) groups excluding carboxylic acids is 1. The Morgan fingerprint density at radius 1 is 1.16 bits per heavy atom. The van der Waals surface area contributed by atoms with Gasteiger partial charge < -0.3 is 21.1 Å². The SMILES string of the molecule is CC(C)CCN(CC(O)C(N)Cc1ccccc1)C(=O)NCC(C)C. The second-order valence-corrected chi connectivity index (χ2v) is 7.63. The van der Waals surface area contributed by atoms with Crippen LogP contribution in [-0.4, -0.2) is 47.8 Å². The number of hydrogen-bond donors (Lipinski definition) is 3. The van der Waals surface area contributed by atoms with Gasteiger partial charge >= 0.3 is 6.03 Å². The molecule has 0 fully saturated rings. The summed E-state index contributed by atoms with van der Waals surface area (Å²) >= 11 is 0. The summed E-state index contributed by atoms with van der Waals surface area (Å²) in [5.74, 6) is 0.886. The van der Waals surface area contributed by atoms with Crippen molar-refractivity contribution in [2.75, 3.05) is 19.6 Å². The van der Waals surface area contributed by atoms with Crippen LogP contribution in [0.4, 0.5) is 4.79 Å². The Morgan fingerprint density at radius 2 is 1.80 bits per heavy atom. The first-order valence-corrected chi connectivity index (χ1v) is 9.30. The lowest BCUT2D eigenvalue weighted by molar-refractivity contribution is 0.0980. The lowest BCUT2D eigenvalue weighted by Crippen LogP contribution is -2.50. The predicted molar refractivity (Wildman–Crippen MR) is 103 cm³/mol. The molecule has 2 atom stereocenters. The molecule has 0 spiro atoms. The van der Waals surface area contributed by atoms with Gasteiger partial charge in [-0.05, 0) is 30.2 Å². The number of hydrogen-bond acceptors (Lipinski definition) is 3. The maximum atomic E-state index is 12.4. The summed E-state index contributed by atoms with van der Waals surface area (Å²) in [6, 6.07) is 9.35. The van der Waals surface area contributed by atoms with Gasteiger partial charge in [-0.25, -0.2) is 4.79 Å². The zero-order valence-electron chi connectivity index (χ0n) is 16.1. The molecule has 5 heteroatoms. The van der Waals surface area contributed by atoms with Crippen LogP contribution in [0.3, 0.4) is 0 Å². The van der Waals surface area contributed by atoms with Crippen LogP contribution in [-0.2, 0) is 6.42 Å². The third kappa shape index (κ3) is 8.89. The average molecular weight is 350 g/mol. The summed E-state index contributed by atoms with van der Waals surface area (Å²) in [4.78, 5) is 14.1. The number of aliphatic hydroxyl groups excluding tert-OH is 1.